The highest BCUT2D eigenvalue weighted by molar-refractivity contribution is 6.74. The molecule has 0 bridgehead atoms. The van der Waals surface area contributed by atoms with Crippen molar-refractivity contribution in [2.45, 2.75) is 168 Å². The first-order valence-corrected chi connectivity index (χ1v) is 19.8. The molecule has 0 saturated carbocycles. The molecule has 0 aromatic heterocycles. The lowest BCUT2D eigenvalue weighted by molar-refractivity contribution is 0.0243. The lowest BCUT2D eigenvalue weighted by Gasteiger charge is -2.40. The fourth-order valence-corrected chi connectivity index (χ4v) is 5.58. The Morgan fingerprint density at radius 2 is 1.18 bits per heavy atom. The zero-order chi connectivity index (χ0) is 26.5. The highest BCUT2D eigenvalue weighted by Gasteiger charge is 2.40. The second-order valence-corrected chi connectivity index (χ2v) is 22.8. The standard InChI is InChI=1S/C29H60O3Si2/c1-12-13-14-15-16-17-18-19-20-24-27(32-34(10,11)29(5,6)7)26(30)23-21-22-25-31-33(8,9)28(2,3)4/h26-27,30H,12-20,23-25H2,1-11H3/t26-,27-/m1/s1. The summed E-state index contributed by atoms with van der Waals surface area (Å²) in [6.45, 7) is 25.3. The van der Waals surface area contributed by atoms with Gasteiger partial charge in [0.2, 0.25) is 0 Å². The van der Waals surface area contributed by atoms with E-state index in [0.717, 1.165) is 12.8 Å². The fourth-order valence-electron chi connectivity index (χ4n) is 3.33. The first kappa shape index (κ1) is 33.9. The molecule has 0 heterocycles. The van der Waals surface area contributed by atoms with Crippen LogP contribution in [0.4, 0.5) is 0 Å². The summed E-state index contributed by atoms with van der Waals surface area (Å²) < 4.78 is 12.8. The lowest BCUT2D eigenvalue weighted by atomic mass is 10.0. The first-order chi connectivity index (χ1) is 15.5. The van der Waals surface area contributed by atoms with E-state index in [9.17, 15) is 5.11 Å². The van der Waals surface area contributed by atoms with Crippen LogP contribution in [0.15, 0.2) is 0 Å². The second kappa shape index (κ2) is 15.9. The van der Waals surface area contributed by atoms with Gasteiger partial charge in [0.25, 0.3) is 0 Å². The quantitative estimate of drug-likeness (QED) is 0.127. The Balaban J connectivity index is 4.76. The molecule has 0 aliphatic rings. The molecule has 5 heteroatoms. The smallest absolute Gasteiger partial charge is 0.193 e. The number of aliphatic hydroxyl groups excluding tert-OH is 1. The van der Waals surface area contributed by atoms with Crippen LogP contribution in [-0.4, -0.2) is 40.6 Å². The average Bonchev–Trinajstić information content (AvgIpc) is 2.69. The normalized spacial score (nSPS) is 15.1. The van der Waals surface area contributed by atoms with Gasteiger partial charge in [-0.05, 0) is 42.7 Å². The van der Waals surface area contributed by atoms with E-state index in [2.05, 4.69) is 86.5 Å². The molecule has 34 heavy (non-hydrogen) atoms. The number of aliphatic hydroxyl groups is 1. The van der Waals surface area contributed by atoms with E-state index >= 15 is 0 Å². The summed E-state index contributed by atoms with van der Waals surface area (Å²) in [4.78, 5) is 0. The van der Waals surface area contributed by atoms with Gasteiger partial charge in [0.05, 0.1) is 18.8 Å². The lowest BCUT2D eigenvalue weighted by Crippen LogP contribution is -2.47. The molecule has 0 spiro atoms. The van der Waals surface area contributed by atoms with E-state index in [1.54, 1.807) is 0 Å². The maximum absolute atomic E-state index is 11.0. The number of hydrogen-bond acceptors (Lipinski definition) is 3. The van der Waals surface area contributed by atoms with E-state index in [1.807, 2.05) is 0 Å². The molecule has 0 rings (SSSR count). The van der Waals surface area contributed by atoms with Crippen LogP contribution < -0.4 is 0 Å². The fraction of sp³-hybridized carbons (Fsp3) is 0.931. The Bertz CT molecular complexity index is 591. The molecule has 2 atom stereocenters. The van der Waals surface area contributed by atoms with E-state index in [0.29, 0.717) is 13.0 Å². The van der Waals surface area contributed by atoms with Crippen molar-refractivity contribution >= 4 is 16.6 Å². The van der Waals surface area contributed by atoms with Gasteiger partial charge in [-0.25, -0.2) is 0 Å². The second-order valence-electron chi connectivity index (χ2n) is 13.2. The number of unbranched alkanes of at least 4 members (excludes halogenated alkanes) is 8. The molecular weight excluding hydrogens is 452 g/mol. The van der Waals surface area contributed by atoms with Crippen molar-refractivity contribution in [1.29, 1.82) is 0 Å². The van der Waals surface area contributed by atoms with Crippen molar-refractivity contribution in [3.05, 3.63) is 0 Å². The molecule has 0 fully saturated rings. The predicted octanol–water partition coefficient (Wildman–Crippen LogP) is 9.07. The molecule has 0 aromatic carbocycles. The highest BCUT2D eigenvalue weighted by atomic mass is 28.4. The van der Waals surface area contributed by atoms with Crippen LogP contribution in [0.3, 0.4) is 0 Å². The molecule has 0 radical (unpaired) electrons. The van der Waals surface area contributed by atoms with Crippen molar-refractivity contribution in [3.8, 4) is 11.8 Å². The van der Waals surface area contributed by atoms with Crippen molar-refractivity contribution in [1.82, 2.24) is 0 Å². The zero-order valence-electron chi connectivity index (χ0n) is 24.9. The van der Waals surface area contributed by atoms with Crippen molar-refractivity contribution in [2.75, 3.05) is 6.61 Å². The Morgan fingerprint density at radius 3 is 1.65 bits per heavy atom. The topological polar surface area (TPSA) is 38.7 Å². The molecule has 0 saturated heterocycles. The molecule has 0 amide bonds. The third-order valence-electron chi connectivity index (χ3n) is 8.02. The number of hydrogen-bond donors (Lipinski definition) is 1. The largest absolute Gasteiger partial charge is 0.411 e. The van der Waals surface area contributed by atoms with Crippen molar-refractivity contribution in [2.24, 2.45) is 0 Å². The van der Waals surface area contributed by atoms with Crippen LogP contribution in [0, 0.1) is 11.8 Å². The van der Waals surface area contributed by atoms with Crippen LogP contribution in [0.5, 0.6) is 0 Å². The summed E-state index contributed by atoms with van der Waals surface area (Å²) in [7, 11) is -3.73. The van der Waals surface area contributed by atoms with Gasteiger partial charge >= 0.3 is 0 Å². The minimum Gasteiger partial charge on any atom is -0.411 e. The Kier molecular flexibility index (Phi) is 15.8. The minimum absolute atomic E-state index is 0.124. The number of rotatable bonds is 16. The van der Waals surface area contributed by atoms with E-state index in [-0.39, 0.29) is 16.2 Å². The molecule has 0 aliphatic heterocycles. The molecule has 0 aliphatic carbocycles. The monoisotopic (exact) mass is 512 g/mol. The van der Waals surface area contributed by atoms with Gasteiger partial charge in [-0.1, -0.05) is 118 Å². The maximum Gasteiger partial charge on any atom is 0.193 e. The van der Waals surface area contributed by atoms with Gasteiger partial charge in [0, 0.05) is 6.42 Å². The molecule has 0 aromatic rings. The Labute approximate surface area is 216 Å². The summed E-state index contributed by atoms with van der Waals surface area (Å²) in [5.41, 5.74) is 0. The van der Waals surface area contributed by atoms with Crippen LogP contribution in [0.25, 0.3) is 0 Å². The van der Waals surface area contributed by atoms with Crippen LogP contribution in [-0.2, 0) is 8.85 Å². The van der Waals surface area contributed by atoms with E-state index in [4.69, 9.17) is 8.85 Å². The van der Waals surface area contributed by atoms with Gasteiger partial charge < -0.3 is 14.0 Å². The molecule has 3 nitrogen and oxygen atoms in total. The van der Waals surface area contributed by atoms with Crippen LogP contribution >= 0.6 is 0 Å². The van der Waals surface area contributed by atoms with Gasteiger partial charge in [0.1, 0.15) is 0 Å². The van der Waals surface area contributed by atoms with Gasteiger partial charge in [-0.3, -0.25) is 0 Å². The first-order valence-electron chi connectivity index (χ1n) is 14.0. The highest BCUT2D eigenvalue weighted by Crippen LogP contribution is 2.38. The summed E-state index contributed by atoms with van der Waals surface area (Å²) in [5, 5.41) is 11.3. The van der Waals surface area contributed by atoms with E-state index in [1.165, 1.54) is 51.4 Å². The third-order valence-corrected chi connectivity index (χ3v) is 17.0. The molecular formula is C29H60O3Si2. The van der Waals surface area contributed by atoms with E-state index < -0.39 is 22.7 Å². The Hall–Kier alpha value is -0.126. The van der Waals surface area contributed by atoms with Gasteiger partial charge in [-0.2, -0.15) is 0 Å². The Morgan fingerprint density at radius 1 is 0.706 bits per heavy atom. The summed E-state index contributed by atoms with van der Waals surface area (Å²) in [6.07, 6.45) is 12.5. The summed E-state index contributed by atoms with van der Waals surface area (Å²) in [5.74, 6) is 6.34. The predicted molar refractivity (Wildman–Crippen MR) is 155 cm³/mol. The SMILES string of the molecule is CCCCCCCCCCC[C@@H](O[Si](C)(C)C(C)(C)C)[C@H](O)CC#CCO[Si](C)(C)C(C)(C)C. The third kappa shape index (κ3) is 13.8. The van der Waals surface area contributed by atoms with Crippen molar-refractivity contribution in [3.63, 3.8) is 0 Å². The molecule has 202 valence electrons. The van der Waals surface area contributed by atoms with Crippen LogP contribution in [0.1, 0.15) is 119 Å². The zero-order valence-corrected chi connectivity index (χ0v) is 26.9. The molecule has 1 N–H and O–H groups in total. The van der Waals surface area contributed by atoms with Crippen molar-refractivity contribution < 1.29 is 14.0 Å². The van der Waals surface area contributed by atoms with Crippen LogP contribution in [0.2, 0.25) is 36.3 Å². The van der Waals surface area contributed by atoms with Gasteiger partial charge in [0.15, 0.2) is 16.6 Å². The van der Waals surface area contributed by atoms with Gasteiger partial charge in [-0.15, -0.1) is 0 Å². The minimum atomic E-state index is -1.95. The average molecular weight is 513 g/mol. The maximum atomic E-state index is 11.0. The summed E-state index contributed by atoms with van der Waals surface area (Å²) in [6, 6.07) is 0. The molecule has 0 unspecified atom stereocenters. The summed E-state index contributed by atoms with van der Waals surface area (Å²) >= 11 is 0.